The Balaban J connectivity index is 1.77. The number of nitrogens with zero attached hydrogens (tertiary/aromatic N) is 3. The molecule has 13 heteroatoms. The topological polar surface area (TPSA) is 189 Å². The summed E-state index contributed by atoms with van der Waals surface area (Å²) in [5.74, 6) is -1.31. The number of nitrogens with two attached hydrogens (primary N) is 1. The lowest BCUT2D eigenvalue weighted by atomic mass is 10.1. The molecule has 5 N–H and O–H groups in total. The highest BCUT2D eigenvalue weighted by atomic mass is 16.7. The van der Waals surface area contributed by atoms with Crippen molar-refractivity contribution in [1.29, 1.82) is 0 Å². The zero-order chi connectivity index (χ0) is 32.2. The summed E-state index contributed by atoms with van der Waals surface area (Å²) in [7, 11) is 0. The third-order valence-electron chi connectivity index (χ3n) is 6.43. The molecular weight excluding hydrogens is 568 g/mol. The van der Waals surface area contributed by atoms with Crippen LogP contribution in [-0.2, 0) is 20.7 Å². The van der Waals surface area contributed by atoms with Gasteiger partial charge in [-0.2, -0.15) is 0 Å². The first kappa shape index (κ1) is 33.0. The predicted molar refractivity (Wildman–Crippen MR) is 164 cm³/mol. The van der Waals surface area contributed by atoms with Gasteiger partial charge in [0.15, 0.2) is 5.84 Å². The van der Waals surface area contributed by atoms with Crippen LogP contribution in [0.4, 0.5) is 10.5 Å². The van der Waals surface area contributed by atoms with Crippen molar-refractivity contribution < 1.29 is 33.8 Å². The van der Waals surface area contributed by atoms with Crippen molar-refractivity contribution in [1.82, 2.24) is 15.2 Å². The molecule has 0 aliphatic heterocycles. The van der Waals surface area contributed by atoms with E-state index in [1.807, 2.05) is 13.8 Å². The van der Waals surface area contributed by atoms with Crippen molar-refractivity contribution in [2.45, 2.75) is 40.5 Å². The SMILES string of the molecule is CCCN(C(=O)OCOC(=O)Cc1ccc(O)cc1)C(=O)c1c[nH]c(C(N=CN)=Nc2cc(C(=O)NCC)ccc2C)c1C. The maximum absolute atomic E-state index is 13.5. The zero-order valence-electron chi connectivity index (χ0n) is 25.0. The first-order valence-electron chi connectivity index (χ1n) is 13.9. The number of aliphatic imine (C=N–C) groups is 2. The number of hydrogen-bond donors (Lipinski definition) is 4. The van der Waals surface area contributed by atoms with E-state index in [4.69, 9.17) is 15.2 Å². The number of benzene rings is 2. The lowest BCUT2D eigenvalue weighted by Gasteiger charge is -2.19. The number of carbonyl (C=O) groups is 4. The van der Waals surface area contributed by atoms with Crippen molar-refractivity contribution in [3.05, 3.63) is 82.2 Å². The minimum absolute atomic E-state index is 0.0484. The predicted octanol–water partition coefficient (Wildman–Crippen LogP) is 3.88. The molecule has 0 saturated carbocycles. The number of H-pyrrole nitrogens is 1. The Morgan fingerprint density at radius 1 is 1.07 bits per heavy atom. The fraction of sp³-hybridized carbons (Fsp3) is 0.290. The number of ether oxygens (including phenoxy) is 2. The molecule has 0 aliphatic rings. The average Bonchev–Trinajstić information content (AvgIpc) is 3.38. The first-order chi connectivity index (χ1) is 21.1. The molecule has 0 fully saturated rings. The number of aromatic hydroxyl groups is 1. The lowest BCUT2D eigenvalue weighted by molar-refractivity contribution is -0.151. The van der Waals surface area contributed by atoms with Crippen LogP contribution in [0.3, 0.4) is 0 Å². The number of rotatable bonds is 11. The summed E-state index contributed by atoms with van der Waals surface area (Å²) in [5, 5.41) is 12.1. The molecule has 0 unspecified atom stereocenters. The number of carbonyl (C=O) groups excluding carboxylic acids is 4. The van der Waals surface area contributed by atoms with E-state index in [1.165, 1.54) is 18.3 Å². The van der Waals surface area contributed by atoms with Gasteiger partial charge in [0.25, 0.3) is 11.8 Å². The van der Waals surface area contributed by atoms with E-state index in [0.29, 0.717) is 41.0 Å². The van der Waals surface area contributed by atoms with Crippen LogP contribution in [0.25, 0.3) is 0 Å². The number of imide groups is 1. The molecule has 1 aromatic heterocycles. The normalized spacial score (nSPS) is 11.3. The monoisotopic (exact) mass is 604 g/mol. The second-order valence-corrected chi connectivity index (χ2v) is 9.62. The Morgan fingerprint density at radius 2 is 1.80 bits per heavy atom. The summed E-state index contributed by atoms with van der Waals surface area (Å²) in [6.45, 7) is 6.95. The molecule has 3 rings (SSSR count). The number of aromatic nitrogens is 1. The van der Waals surface area contributed by atoms with E-state index in [2.05, 4.69) is 20.3 Å². The van der Waals surface area contributed by atoms with Crippen LogP contribution in [0, 0.1) is 13.8 Å². The zero-order valence-corrected chi connectivity index (χ0v) is 25.0. The molecule has 0 bridgehead atoms. The number of hydrogen-bond acceptors (Lipinski definition) is 8. The minimum Gasteiger partial charge on any atom is -0.508 e. The van der Waals surface area contributed by atoms with Crippen LogP contribution in [0.2, 0.25) is 0 Å². The van der Waals surface area contributed by atoms with Crippen LogP contribution in [-0.4, -0.2) is 70.9 Å². The van der Waals surface area contributed by atoms with E-state index in [0.717, 1.165) is 16.8 Å². The van der Waals surface area contributed by atoms with Gasteiger partial charge in [-0.25, -0.2) is 19.7 Å². The number of amides is 3. The third-order valence-corrected chi connectivity index (χ3v) is 6.43. The lowest BCUT2D eigenvalue weighted by Crippen LogP contribution is -2.38. The number of phenolic OH excluding ortho intramolecular Hbond substituents is 1. The summed E-state index contributed by atoms with van der Waals surface area (Å²) < 4.78 is 10.1. The molecule has 232 valence electrons. The molecule has 0 radical (unpaired) electrons. The quantitative estimate of drug-likeness (QED) is 0.110. The summed E-state index contributed by atoms with van der Waals surface area (Å²) in [6.07, 6.45) is 1.87. The van der Waals surface area contributed by atoms with E-state index in [1.54, 1.807) is 44.2 Å². The van der Waals surface area contributed by atoms with Gasteiger partial charge in [0.1, 0.15) is 5.75 Å². The summed E-state index contributed by atoms with van der Waals surface area (Å²) in [6, 6.07) is 11.1. The van der Waals surface area contributed by atoms with Gasteiger partial charge >= 0.3 is 12.1 Å². The van der Waals surface area contributed by atoms with Crippen LogP contribution < -0.4 is 11.1 Å². The van der Waals surface area contributed by atoms with Crippen molar-refractivity contribution in [3.63, 3.8) is 0 Å². The summed E-state index contributed by atoms with van der Waals surface area (Å²) in [5.41, 5.74) is 8.89. The fourth-order valence-corrected chi connectivity index (χ4v) is 4.12. The Morgan fingerprint density at radius 3 is 2.45 bits per heavy atom. The van der Waals surface area contributed by atoms with E-state index < -0.39 is 24.8 Å². The van der Waals surface area contributed by atoms with Crippen LogP contribution in [0.15, 0.2) is 58.6 Å². The summed E-state index contributed by atoms with van der Waals surface area (Å²) in [4.78, 5) is 63.5. The van der Waals surface area contributed by atoms with Crippen LogP contribution in [0.5, 0.6) is 5.75 Å². The molecule has 0 spiro atoms. The number of aryl methyl sites for hydroxylation is 1. The van der Waals surface area contributed by atoms with Gasteiger partial charge in [0.2, 0.25) is 6.79 Å². The molecule has 3 amide bonds. The molecule has 0 aliphatic carbocycles. The highest BCUT2D eigenvalue weighted by molar-refractivity contribution is 6.09. The Hall–Kier alpha value is -5.46. The molecule has 0 atom stereocenters. The van der Waals surface area contributed by atoms with Gasteiger partial charge in [-0.05, 0) is 68.1 Å². The summed E-state index contributed by atoms with van der Waals surface area (Å²) >= 11 is 0. The molecule has 3 aromatic rings. The highest BCUT2D eigenvalue weighted by Crippen LogP contribution is 2.24. The number of aromatic amines is 1. The maximum Gasteiger partial charge on any atom is 0.419 e. The second kappa shape index (κ2) is 15.7. The number of amidine groups is 1. The van der Waals surface area contributed by atoms with Gasteiger partial charge in [-0.15, -0.1) is 0 Å². The van der Waals surface area contributed by atoms with Gasteiger partial charge in [0, 0.05) is 24.8 Å². The van der Waals surface area contributed by atoms with E-state index >= 15 is 0 Å². The Labute approximate surface area is 254 Å². The van der Waals surface area contributed by atoms with E-state index in [9.17, 15) is 24.3 Å². The largest absolute Gasteiger partial charge is 0.508 e. The Kier molecular flexibility index (Phi) is 11.8. The maximum atomic E-state index is 13.5. The first-order valence-corrected chi connectivity index (χ1v) is 13.9. The van der Waals surface area contributed by atoms with Crippen LogP contribution >= 0.6 is 0 Å². The highest BCUT2D eigenvalue weighted by Gasteiger charge is 2.27. The second-order valence-electron chi connectivity index (χ2n) is 9.62. The number of nitrogens with one attached hydrogen (secondary N) is 2. The van der Waals surface area contributed by atoms with Crippen LogP contribution in [0.1, 0.15) is 63.4 Å². The van der Waals surface area contributed by atoms with E-state index in [-0.39, 0.29) is 36.0 Å². The Bertz CT molecular complexity index is 1560. The molecular formula is C31H36N6O7. The van der Waals surface area contributed by atoms with Crippen molar-refractivity contribution >= 4 is 41.7 Å². The average molecular weight is 605 g/mol. The fourth-order valence-electron chi connectivity index (χ4n) is 4.12. The number of phenols is 1. The number of esters is 1. The minimum atomic E-state index is -0.983. The van der Waals surface area contributed by atoms with Gasteiger partial charge in [-0.3, -0.25) is 14.4 Å². The smallest absolute Gasteiger partial charge is 0.419 e. The van der Waals surface area contributed by atoms with Gasteiger partial charge in [0.05, 0.1) is 29.7 Å². The molecule has 13 nitrogen and oxygen atoms in total. The van der Waals surface area contributed by atoms with Gasteiger partial charge in [-0.1, -0.05) is 25.1 Å². The molecule has 1 heterocycles. The van der Waals surface area contributed by atoms with Crippen molar-refractivity contribution in [2.75, 3.05) is 19.9 Å². The van der Waals surface area contributed by atoms with Crippen molar-refractivity contribution in [3.8, 4) is 5.75 Å². The molecule has 2 aromatic carbocycles. The van der Waals surface area contributed by atoms with Crippen molar-refractivity contribution in [2.24, 2.45) is 15.7 Å². The molecule has 0 saturated heterocycles. The van der Waals surface area contributed by atoms with Gasteiger partial charge < -0.3 is 30.6 Å². The standard InChI is InChI=1S/C31H36N6O7/c1-5-13-37(31(42)44-18-43-26(39)14-21-8-11-23(38)12-9-21)30(41)24-16-34-27(20(24)4)28(35-17-32)36-25-15-22(10-7-19(25)3)29(40)33-6-2/h7-12,15-17,34,38H,5-6,13-14,18H2,1-4H3,(H,33,40)(H2,32,35,36). The molecule has 44 heavy (non-hydrogen) atoms. The third kappa shape index (κ3) is 8.53.